The van der Waals surface area contributed by atoms with Crippen LogP contribution >= 0.6 is 24.0 Å². The van der Waals surface area contributed by atoms with Gasteiger partial charge in [0.25, 0.3) is 0 Å². The first-order valence-electron chi connectivity index (χ1n) is 7.77. The van der Waals surface area contributed by atoms with Crippen LogP contribution in [0.5, 0.6) is 5.75 Å². The van der Waals surface area contributed by atoms with Gasteiger partial charge in [-0.15, -0.1) is 12.4 Å². The highest BCUT2D eigenvalue weighted by molar-refractivity contribution is 6.30. The highest BCUT2D eigenvalue weighted by Crippen LogP contribution is 2.27. The standard InChI is InChI=1S/C20H20ClNO.ClH/c1-23-20-11-8-16-4-2-3-5-18(16)19(20)14-22-13-12-15-6-9-17(21)10-7-15;/h2-11,22H,12-14H2,1H3;1H. The maximum Gasteiger partial charge on any atom is 0.123 e. The maximum atomic E-state index is 5.91. The fraction of sp³-hybridized carbons (Fsp3) is 0.200. The second kappa shape index (κ2) is 8.93. The molecule has 3 rings (SSSR count). The molecule has 0 heterocycles. The number of methoxy groups -OCH3 is 1. The summed E-state index contributed by atoms with van der Waals surface area (Å²) >= 11 is 5.91. The largest absolute Gasteiger partial charge is 0.496 e. The molecule has 0 unspecified atom stereocenters. The van der Waals surface area contributed by atoms with E-state index < -0.39 is 0 Å². The second-order valence-electron chi connectivity index (χ2n) is 5.52. The summed E-state index contributed by atoms with van der Waals surface area (Å²) in [6.45, 7) is 1.70. The molecular weight excluding hydrogens is 341 g/mol. The minimum absolute atomic E-state index is 0. The molecule has 4 heteroatoms. The Morgan fingerprint density at radius 1 is 0.958 bits per heavy atom. The molecule has 2 nitrogen and oxygen atoms in total. The van der Waals surface area contributed by atoms with Gasteiger partial charge in [-0.25, -0.2) is 0 Å². The fourth-order valence-corrected chi connectivity index (χ4v) is 2.91. The van der Waals surface area contributed by atoms with Gasteiger partial charge in [-0.1, -0.05) is 54.1 Å². The van der Waals surface area contributed by atoms with Crippen LogP contribution in [0.4, 0.5) is 0 Å². The molecule has 0 saturated heterocycles. The summed E-state index contributed by atoms with van der Waals surface area (Å²) in [5, 5.41) is 6.78. The molecule has 0 aliphatic rings. The van der Waals surface area contributed by atoms with E-state index in [0.29, 0.717) is 0 Å². The van der Waals surface area contributed by atoms with Crippen molar-refractivity contribution in [3.63, 3.8) is 0 Å². The van der Waals surface area contributed by atoms with E-state index in [1.165, 1.54) is 21.9 Å². The van der Waals surface area contributed by atoms with Crippen LogP contribution in [0.3, 0.4) is 0 Å². The lowest BCUT2D eigenvalue weighted by Gasteiger charge is -2.13. The number of rotatable bonds is 6. The summed E-state index contributed by atoms with van der Waals surface area (Å²) in [7, 11) is 1.72. The van der Waals surface area contributed by atoms with Crippen molar-refractivity contribution in [2.75, 3.05) is 13.7 Å². The van der Waals surface area contributed by atoms with Gasteiger partial charge in [0.15, 0.2) is 0 Å². The predicted molar refractivity (Wildman–Crippen MR) is 105 cm³/mol. The Labute approximate surface area is 154 Å². The van der Waals surface area contributed by atoms with Gasteiger partial charge < -0.3 is 10.1 Å². The Morgan fingerprint density at radius 2 is 1.71 bits per heavy atom. The van der Waals surface area contributed by atoms with Crippen molar-refractivity contribution in [1.82, 2.24) is 5.32 Å². The van der Waals surface area contributed by atoms with Gasteiger partial charge in [0.1, 0.15) is 5.75 Å². The Morgan fingerprint density at radius 3 is 2.46 bits per heavy atom. The lowest BCUT2D eigenvalue weighted by Crippen LogP contribution is -2.17. The highest BCUT2D eigenvalue weighted by atomic mass is 35.5. The van der Waals surface area contributed by atoms with Gasteiger partial charge in [-0.05, 0) is 47.5 Å². The molecule has 0 atom stereocenters. The first kappa shape index (κ1) is 18.6. The Kier molecular flexibility index (Phi) is 6.92. The Hall–Kier alpha value is -1.74. The van der Waals surface area contributed by atoms with Crippen molar-refractivity contribution in [2.24, 2.45) is 0 Å². The minimum atomic E-state index is 0. The van der Waals surface area contributed by atoms with Crippen LogP contribution in [0.2, 0.25) is 5.02 Å². The molecule has 0 saturated carbocycles. The molecule has 0 amide bonds. The van der Waals surface area contributed by atoms with Crippen molar-refractivity contribution < 1.29 is 4.74 Å². The number of fused-ring (bicyclic) bond motifs is 1. The monoisotopic (exact) mass is 361 g/mol. The van der Waals surface area contributed by atoms with Crippen molar-refractivity contribution in [3.05, 3.63) is 76.8 Å². The van der Waals surface area contributed by atoms with Gasteiger partial charge in [-0.3, -0.25) is 0 Å². The summed E-state index contributed by atoms with van der Waals surface area (Å²) in [5.74, 6) is 0.933. The molecule has 0 spiro atoms. The van der Waals surface area contributed by atoms with Crippen LogP contribution < -0.4 is 10.1 Å². The average Bonchev–Trinajstić information content (AvgIpc) is 2.60. The van der Waals surface area contributed by atoms with Crippen molar-refractivity contribution in [2.45, 2.75) is 13.0 Å². The van der Waals surface area contributed by atoms with E-state index in [9.17, 15) is 0 Å². The number of halogens is 2. The molecule has 126 valence electrons. The molecule has 0 aliphatic carbocycles. The lowest BCUT2D eigenvalue weighted by atomic mass is 10.0. The summed E-state index contributed by atoms with van der Waals surface area (Å²) in [5.41, 5.74) is 2.49. The zero-order valence-electron chi connectivity index (χ0n) is 13.6. The van der Waals surface area contributed by atoms with Gasteiger partial charge in [0.05, 0.1) is 7.11 Å². The zero-order chi connectivity index (χ0) is 16.1. The van der Waals surface area contributed by atoms with Gasteiger partial charge in [0.2, 0.25) is 0 Å². The predicted octanol–water partition coefficient (Wildman–Crippen LogP) is 5.26. The number of ether oxygens (including phenoxy) is 1. The molecule has 3 aromatic carbocycles. The summed E-state index contributed by atoms with van der Waals surface area (Å²) in [4.78, 5) is 0. The van der Waals surface area contributed by atoms with E-state index in [-0.39, 0.29) is 12.4 Å². The topological polar surface area (TPSA) is 21.3 Å². The first-order valence-corrected chi connectivity index (χ1v) is 8.15. The molecule has 0 bridgehead atoms. The smallest absolute Gasteiger partial charge is 0.123 e. The summed E-state index contributed by atoms with van der Waals surface area (Å²) in [6, 6.07) is 20.6. The van der Waals surface area contributed by atoms with E-state index in [2.05, 4.69) is 47.8 Å². The van der Waals surface area contributed by atoms with Crippen molar-refractivity contribution in [3.8, 4) is 5.75 Å². The minimum Gasteiger partial charge on any atom is -0.496 e. The van der Waals surface area contributed by atoms with Gasteiger partial charge in [-0.2, -0.15) is 0 Å². The van der Waals surface area contributed by atoms with E-state index in [1.54, 1.807) is 7.11 Å². The third kappa shape index (κ3) is 4.41. The second-order valence-corrected chi connectivity index (χ2v) is 5.96. The summed E-state index contributed by atoms with van der Waals surface area (Å²) in [6.07, 6.45) is 0.976. The van der Waals surface area contributed by atoms with E-state index in [4.69, 9.17) is 16.3 Å². The van der Waals surface area contributed by atoms with E-state index in [1.807, 2.05) is 18.2 Å². The van der Waals surface area contributed by atoms with Gasteiger partial charge in [0, 0.05) is 17.1 Å². The van der Waals surface area contributed by atoms with Crippen molar-refractivity contribution >= 4 is 34.8 Å². The lowest BCUT2D eigenvalue weighted by molar-refractivity contribution is 0.409. The number of hydrogen-bond acceptors (Lipinski definition) is 2. The molecule has 0 aromatic heterocycles. The maximum absolute atomic E-state index is 5.91. The van der Waals surface area contributed by atoms with Crippen LogP contribution in [0.15, 0.2) is 60.7 Å². The molecule has 24 heavy (non-hydrogen) atoms. The molecule has 0 fully saturated rings. The Balaban J connectivity index is 0.00000208. The third-order valence-corrected chi connectivity index (χ3v) is 4.27. The molecule has 1 N–H and O–H groups in total. The zero-order valence-corrected chi connectivity index (χ0v) is 15.2. The normalized spacial score (nSPS) is 10.4. The van der Waals surface area contributed by atoms with Crippen LogP contribution in [0.1, 0.15) is 11.1 Å². The fourth-order valence-electron chi connectivity index (χ4n) is 2.79. The van der Waals surface area contributed by atoms with Crippen LogP contribution in [-0.4, -0.2) is 13.7 Å². The quantitative estimate of drug-likeness (QED) is 0.604. The van der Waals surface area contributed by atoms with E-state index in [0.717, 1.165) is 30.3 Å². The number of benzene rings is 3. The van der Waals surface area contributed by atoms with Crippen LogP contribution in [0.25, 0.3) is 10.8 Å². The van der Waals surface area contributed by atoms with Gasteiger partial charge >= 0.3 is 0 Å². The molecule has 0 radical (unpaired) electrons. The average molecular weight is 362 g/mol. The van der Waals surface area contributed by atoms with Crippen LogP contribution in [0, 0.1) is 0 Å². The molecule has 0 aliphatic heterocycles. The molecule has 3 aromatic rings. The molecular formula is C20H21Cl2NO. The SMILES string of the molecule is COc1ccc2ccccc2c1CNCCc1ccc(Cl)cc1.Cl. The van der Waals surface area contributed by atoms with Crippen molar-refractivity contribution in [1.29, 1.82) is 0 Å². The highest BCUT2D eigenvalue weighted by Gasteiger charge is 2.07. The third-order valence-electron chi connectivity index (χ3n) is 4.02. The number of nitrogens with one attached hydrogen (secondary N) is 1. The Bertz CT molecular complexity index is 787. The first-order chi connectivity index (χ1) is 11.3. The number of hydrogen-bond donors (Lipinski definition) is 1. The van der Waals surface area contributed by atoms with E-state index >= 15 is 0 Å². The summed E-state index contributed by atoms with van der Waals surface area (Å²) < 4.78 is 5.53. The van der Waals surface area contributed by atoms with Crippen LogP contribution in [-0.2, 0) is 13.0 Å².